The predicted octanol–water partition coefficient (Wildman–Crippen LogP) is 3.07. The predicted molar refractivity (Wildman–Crippen MR) is 67.6 cm³/mol. The average Bonchev–Trinajstić information content (AvgIpc) is 2.83. The Morgan fingerprint density at radius 1 is 1.29 bits per heavy atom. The Kier molecular flexibility index (Phi) is 2.77. The SMILES string of the molecule is COc1cccc2[nH]cc(C3CCOCC3)c12. The second-order valence-electron chi connectivity index (χ2n) is 4.51. The molecule has 1 aliphatic heterocycles. The summed E-state index contributed by atoms with van der Waals surface area (Å²) in [7, 11) is 1.73. The second kappa shape index (κ2) is 4.41. The molecule has 0 spiro atoms. The van der Waals surface area contributed by atoms with Gasteiger partial charge in [-0.25, -0.2) is 0 Å². The number of aromatic nitrogens is 1. The van der Waals surface area contributed by atoms with Gasteiger partial charge in [0.1, 0.15) is 5.75 Å². The van der Waals surface area contributed by atoms with Crippen LogP contribution in [-0.2, 0) is 4.74 Å². The van der Waals surface area contributed by atoms with Crippen molar-refractivity contribution in [3.05, 3.63) is 30.0 Å². The van der Waals surface area contributed by atoms with Crippen LogP contribution in [0.4, 0.5) is 0 Å². The number of rotatable bonds is 2. The summed E-state index contributed by atoms with van der Waals surface area (Å²) in [4.78, 5) is 3.34. The molecular formula is C14H17NO2. The van der Waals surface area contributed by atoms with Crippen molar-refractivity contribution in [2.45, 2.75) is 18.8 Å². The Balaban J connectivity index is 2.09. The van der Waals surface area contributed by atoms with Crippen molar-refractivity contribution in [3.8, 4) is 5.75 Å². The summed E-state index contributed by atoms with van der Waals surface area (Å²) in [5.41, 5.74) is 2.53. The van der Waals surface area contributed by atoms with Gasteiger partial charge in [-0.3, -0.25) is 0 Å². The van der Waals surface area contributed by atoms with E-state index >= 15 is 0 Å². The summed E-state index contributed by atoms with van der Waals surface area (Å²) in [6.45, 7) is 1.74. The van der Waals surface area contributed by atoms with Crippen LogP contribution in [0.3, 0.4) is 0 Å². The first-order chi connectivity index (χ1) is 8.40. The third-order valence-corrected chi connectivity index (χ3v) is 3.58. The quantitative estimate of drug-likeness (QED) is 0.861. The van der Waals surface area contributed by atoms with Crippen molar-refractivity contribution in [3.63, 3.8) is 0 Å². The van der Waals surface area contributed by atoms with Crippen LogP contribution in [0.2, 0.25) is 0 Å². The molecule has 3 nitrogen and oxygen atoms in total. The van der Waals surface area contributed by atoms with Crippen LogP contribution in [0.1, 0.15) is 24.3 Å². The number of methoxy groups -OCH3 is 1. The minimum Gasteiger partial charge on any atom is -0.496 e. The van der Waals surface area contributed by atoms with Crippen molar-refractivity contribution >= 4 is 10.9 Å². The van der Waals surface area contributed by atoms with Gasteiger partial charge in [0.05, 0.1) is 7.11 Å². The Labute approximate surface area is 101 Å². The monoisotopic (exact) mass is 231 g/mol. The highest BCUT2D eigenvalue weighted by Crippen LogP contribution is 2.36. The Hall–Kier alpha value is -1.48. The van der Waals surface area contributed by atoms with Gasteiger partial charge < -0.3 is 14.5 Å². The summed E-state index contributed by atoms with van der Waals surface area (Å²) < 4.78 is 10.9. The zero-order valence-electron chi connectivity index (χ0n) is 10.0. The van der Waals surface area contributed by atoms with E-state index < -0.39 is 0 Å². The third-order valence-electron chi connectivity index (χ3n) is 3.58. The minimum absolute atomic E-state index is 0.591. The van der Waals surface area contributed by atoms with Gasteiger partial charge in [-0.1, -0.05) is 6.07 Å². The molecule has 1 N–H and O–H groups in total. The molecule has 1 saturated heterocycles. The van der Waals surface area contributed by atoms with Crippen molar-refractivity contribution in [2.75, 3.05) is 20.3 Å². The van der Waals surface area contributed by atoms with E-state index in [9.17, 15) is 0 Å². The summed E-state index contributed by atoms with van der Waals surface area (Å²) in [5.74, 6) is 1.55. The molecule has 3 rings (SSSR count). The fourth-order valence-corrected chi connectivity index (χ4v) is 2.68. The van der Waals surface area contributed by atoms with Gasteiger partial charge in [0.25, 0.3) is 0 Å². The summed E-state index contributed by atoms with van der Waals surface area (Å²) in [5, 5.41) is 1.24. The standard InChI is InChI=1S/C14H17NO2/c1-16-13-4-2-3-12-14(13)11(9-15-12)10-5-7-17-8-6-10/h2-4,9-10,15H,5-8H2,1H3. The number of hydrogen-bond donors (Lipinski definition) is 1. The molecule has 0 saturated carbocycles. The Morgan fingerprint density at radius 3 is 2.88 bits per heavy atom. The maximum Gasteiger partial charge on any atom is 0.128 e. The van der Waals surface area contributed by atoms with Gasteiger partial charge in [-0.2, -0.15) is 0 Å². The number of benzene rings is 1. The van der Waals surface area contributed by atoms with E-state index in [0.717, 1.165) is 37.3 Å². The van der Waals surface area contributed by atoms with Crippen LogP contribution in [0.25, 0.3) is 10.9 Å². The van der Waals surface area contributed by atoms with Crippen molar-refractivity contribution in [1.29, 1.82) is 0 Å². The van der Waals surface area contributed by atoms with Crippen LogP contribution in [0, 0.1) is 0 Å². The number of fused-ring (bicyclic) bond motifs is 1. The molecule has 1 aromatic carbocycles. The number of aromatic amines is 1. The van der Waals surface area contributed by atoms with Crippen molar-refractivity contribution in [2.24, 2.45) is 0 Å². The molecule has 0 bridgehead atoms. The molecule has 1 fully saturated rings. The third kappa shape index (κ3) is 1.80. The number of hydrogen-bond acceptors (Lipinski definition) is 2. The van der Waals surface area contributed by atoms with Gasteiger partial charge >= 0.3 is 0 Å². The minimum atomic E-state index is 0.591. The summed E-state index contributed by atoms with van der Waals surface area (Å²) in [6.07, 6.45) is 4.33. The van der Waals surface area contributed by atoms with E-state index in [-0.39, 0.29) is 0 Å². The summed E-state index contributed by atoms with van der Waals surface area (Å²) in [6, 6.07) is 6.14. The lowest BCUT2D eigenvalue weighted by Gasteiger charge is -2.22. The summed E-state index contributed by atoms with van der Waals surface area (Å²) >= 11 is 0. The zero-order chi connectivity index (χ0) is 11.7. The van der Waals surface area contributed by atoms with Gasteiger partial charge in [0.2, 0.25) is 0 Å². The molecule has 0 radical (unpaired) electrons. The first-order valence-corrected chi connectivity index (χ1v) is 6.12. The molecule has 1 aliphatic rings. The van der Waals surface area contributed by atoms with Crippen molar-refractivity contribution < 1.29 is 9.47 Å². The van der Waals surface area contributed by atoms with Gasteiger partial charge in [0, 0.05) is 30.3 Å². The average molecular weight is 231 g/mol. The van der Waals surface area contributed by atoms with Crippen LogP contribution in [0.15, 0.2) is 24.4 Å². The second-order valence-corrected chi connectivity index (χ2v) is 4.51. The lowest BCUT2D eigenvalue weighted by molar-refractivity contribution is 0.0856. The fraction of sp³-hybridized carbons (Fsp3) is 0.429. The number of H-pyrrole nitrogens is 1. The molecule has 90 valence electrons. The highest BCUT2D eigenvalue weighted by atomic mass is 16.5. The van der Waals surface area contributed by atoms with Crippen LogP contribution in [-0.4, -0.2) is 25.3 Å². The van der Waals surface area contributed by atoms with Crippen LogP contribution < -0.4 is 4.74 Å². The lowest BCUT2D eigenvalue weighted by Crippen LogP contribution is -2.13. The molecule has 1 aromatic heterocycles. The lowest BCUT2D eigenvalue weighted by atomic mass is 9.91. The Morgan fingerprint density at radius 2 is 2.12 bits per heavy atom. The Bertz CT molecular complexity index is 512. The highest BCUT2D eigenvalue weighted by molar-refractivity contribution is 5.89. The normalized spacial score (nSPS) is 17.5. The van der Waals surface area contributed by atoms with Crippen LogP contribution >= 0.6 is 0 Å². The van der Waals surface area contributed by atoms with Crippen molar-refractivity contribution in [1.82, 2.24) is 4.98 Å². The smallest absolute Gasteiger partial charge is 0.128 e. The zero-order valence-corrected chi connectivity index (χ0v) is 10.0. The first-order valence-electron chi connectivity index (χ1n) is 6.12. The van der Waals surface area contributed by atoms with Gasteiger partial charge in [0.15, 0.2) is 0 Å². The van der Waals surface area contributed by atoms with E-state index in [4.69, 9.17) is 9.47 Å². The molecule has 3 heteroatoms. The molecule has 0 unspecified atom stereocenters. The number of ether oxygens (including phenoxy) is 2. The van der Waals surface area contributed by atoms with Crippen LogP contribution in [0.5, 0.6) is 5.75 Å². The maximum absolute atomic E-state index is 5.47. The highest BCUT2D eigenvalue weighted by Gasteiger charge is 2.20. The number of nitrogens with one attached hydrogen (secondary N) is 1. The molecule has 0 atom stereocenters. The molecule has 0 amide bonds. The van der Waals surface area contributed by atoms with E-state index in [1.807, 2.05) is 12.1 Å². The van der Waals surface area contributed by atoms with E-state index in [1.54, 1.807) is 7.11 Å². The van der Waals surface area contributed by atoms with E-state index in [2.05, 4.69) is 17.2 Å². The molecule has 0 aliphatic carbocycles. The molecule has 17 heavy (non-hydrogen) atoms. The van der Waals surface area contributed by atoms with Gasteiger partial charge in [-0.15, -0.1) is 0 Å². The van der Waals surface area contributed by atoms with E-state index in [0.29, 0.717) is 5.92 Å². The fourth-order valence-electron chi connectivity index (χ4n) is 2.68. The largest absolute Gasteiger partial charge is 0.496 e. The maximum atomic E-state index is 5.47. The molecular weight excluding hydrogens is 214 g/mol. The van der Waals surface area contributed by atoms with Gasteiger partial charge in [-0.05, 0) is 36.5 Å². The molecule has 2 aromatic rings. The first kappa shape index (κ1) is 10.7. The topological polar surface area (TPSA) is 34.2 Å². The molecule has 2 heterocycles. The van der Waals surface area contributed by atoms with E-state index in [1.165, 1.54) is 10.9 Å².